The van der Waals surface area contributed by atoms with Crippen LogP contribution in [0, 0.1) is 6.92 Å². The van der Waals surface area contributed by atoms with Crippen LogP contribution in [-0.2, 0) is 14.4 Å². The molecule has 0 radical (unpaired) electrons. The Kier molecular flexibility index (Phi) is 4.66. The molecule has 3 aliphatic heterocycles. The summed E-state index contributed by atoms with van der Waals surface area (Å²) in [6.07, 6.45) is 2.75. The van der Waals surface area contributed by atoms with Crippen molar-refractivity contribution in [1.82, 2.24) is 10.2 Å². The second-order valence-electron chi connectivity index (χ2n) is 7.79. The van der Waals surface area contributed by atoms with Gasteiger partial charge in [-0.25, -0.2) is 0 Å². The van der Waals surface area contributed by atoms with Gasteiger partial charge in [0.25, 0.3) is 0 Å². The van der Waals surface area contributed by atoms with Crippen molar-refractivity contribution < 1.29 is 14.4 Å². The lowest BCUT2D eigenvalue weighted by Gasteiger charge is -2.34. The highest BCUT2D eigenvalue weighted by Gasteiger charge is 2.53. The van der Waals surface area contributed by atoms with Crippen molar-refractivity contribution in [3.63, 3.8) is 0 Å². The number of carbonyl (C=O) groups excluding carboxylic acids is 3. The number of carbonyl (C=O) groups is 3. The Morgan fingerprint density at radius 2 is 2.00 bits per heavy atom. The van der Waals surface area contributed by atoms with Crippen molar-refractivity contribution >= 4 is 35.2 Å². The number of thioether (sulfide) groups is 1. The second-order valence-corrected chi connectivity index (χ2v) is 9.30. The molecule has 0 unspecified atom stereocenters. The monoisotopic (exact) mass is 387 g/mol. The SMILES string of the molecule is Cc1ccc(N2CCC[C@H](NC(=O)[C@H]3CS[C@]4(C)CCC(=O)N34)C2=O)cc1. The van der Waals surface area contributed by atoms with Gasteiger partial charge in [0.15, 0.2) is 0 Å². The first-order chi connectivity index (χ1) is 12.9. The Balaban J connectivity index is 1.46. The van der Waals surface area contributed by atoms with E-state index in [0.29, 0.717) is 25.1 Å². The van der Waals surface area contributed by atoms with E-state index in [1.807, 2.05) is 38.1 Å². The van der Waals surface area contributed by atoms with Crippen LogP contribution in [0.2, 0.25) is 0 Å². The van der Waals surface area contributed by atoms with Crippen molar-refractivity contribution in [2.45, 2.75) is 56.5 Å². The van der Waals surface area contributed by atoms with Crippen molar-refractivity contribution in [2.75, 3.05) is 17.2 Å². The molecule has 3 amide bonds. The van der Waals surface area contributed by atoms with Gasteiger partial charge in [0, 0.05) is 24.4 Å². The molecule has 27 heavy (non-hydrogen) atoms. The molecule has 7 heteroatoms. The van der Waals surface area contributed by atoms with Gasteiger partial charge < -0.3 is 15.1 Å². The van der Waals surface area contributed by atoms with E-state index in [4.69, 9.17) is 0 Å². The summed E-state index contributed by atoms with van der Waals surface area (Å²) in [5, 5.41) is 2.93. The third-order valence-corrected chi connectivity index (χ3v) is 7.35. The third-order valence-electron chi connectivity index (χ3n) is 5.85. The molecule has 0 bridgehead atoms. The predicted molar refractivity (Wildman–Crippen MR) is 105 cm³/mol. The van der Waals surface area contributed by atoms with E-state index in [9.17, 15) is 14.4 Å². The number of amides is 3. The highest BCUT2D eigenvalue weighted by molar-refractivity contribution is 8.01. The summed E-state index contributed by atoms with van der Waals surface area (Å²) < 4.78 is 0. The molecule has 3 fully saturated rings. The van der Waals surface area contributed by atoms with Crippen LogP contribution in [-0.4, -0.2) is 51.9 Å². The second kappa shape index (κ2) is 6.86. The Bertz CT molecular complexity index is 781. The Morgan fingerprint density at radius 1 is 1.26 bits per heavy atom. The van der Waals surface area contributed by atoms with Crippen LogP contribution in [0.25, 0.3) is 0 Å². The molecular formula is C20H25N3O3S. The normalized spacial score (nSPS) is 30.6. The Hall–Kier alpha value is -2.02. The zero-order valence-corrected chi connectivity index (χ0v) is 16.6. The molecule has 0 aliphatic carbocycles. The maximum atomic E-state index is 12.9. The van der Waals surface area contributed by atoms with E-state index in [0.717, 1.165) is 24.1 Å². The van der Waals surface area contributed by atoms with Gasteiger partial charge in [0.2, 0.25) is 17.7 Å². The number of anilines is 1. The van der Waals surface area contributed by atoms with Gasteiger partial charge >= 0.3 is 0 Å². The van der Waals surface area contributed by atoms with Crippen LogP contribution in [0.15, 0.2) is 24.3 Å². The molecule has 0 spiro atoms. The molecule has 144 valence electrons. The van der Waals surface area contributed by atoms with Gasteiger partial charge in [-0.15, -0.1) is 11.8 Å². The minimum Gasteiger partial charge on any atom is -0.342 e. The van der Waals surface area contributed by atoms with Crippen LogP contribution < -0.4 is 10.2 Å². The standard InChI is InChI=1S/C20H25N3O3S/c1-13-5-7-14(8-6-13)22-11-3-4-15(19(22)26)21-18(25)16-12-27-20(2)10-9-17(24)23(16)20/h5-8,15-16H,3-4,9-12H2,1-2H3,(H,21,25)/t15-,16+,20+/m0/s1. The molecule has 6 nitrogen and oxygen atoms in total. The first kappa shape index (κ1) is 18.3. The van der Waals surface area contributed by atoms with Gasteiger partial charge in [-0.3, -0.25) is 14.4 Å². The van der Waals surface area contributed by atoms with E-state index in [1.54, 1.807) is 21.6 Å². The summed E-state index contributed by atoms with van der Waals surface area (Å²) in [5.74, 6) is 0.362. The van der Waals surface area contributed by atoms with Gasteiger partial charge in [-0.2, -0.15) is 0 Å². The number of rotatable bonds is 3. The number of hydrogen-bond acceptors (Lipinski definition) is 4. The fourth-order valence-corrected chi connectivity index (χ4v) is 5.70. The zero-order chi connectivity index (χ0) is 19.2. The molecule has 3 atom stereocenters. The van der Waals surface area contributed by atoms with E-state index < -0.39 is 12.1 Å². The first-order valence-electron chi connectivity index (χ1n) is 9.54. The molecule has 0 aromatic heterocycles. The average molecular weight is 388 g/mol. The smallest absolute Gasteiger partial charge is 0.249 e. The predicted octanol–water partition coefficient (Wildman–Crippen LogP) is 2.06. The number of hydrogen-bond donors (Lipinski definition) is 1. The number of benzene rings is 1. The maximum Gasteiger partial charge on any atom is 0.249 e. The molecule has 4 rings (SSSR count). The molecule has 0 saturated carbocycles. The summed E-state index contributed by atoms with van der Waals surface area (Å²) in [5.41, 5.74) is 2.01. The topological polar surface area (TPSA) is 69.7 Å². The molecule has 3 heterocycles. The van der Waals surface area contributed by atoms with E-state index in [2.05, 4.69) is 5.32 Å². The van der Waals surface area contributed by atoms with Crippen molar-refractivity contribution in [1.29, 1.82) is 0 Å². The molecule has 3 aliphatic rings. The van der Waals surface area contributed by atoms with Crippen LogP contribution in [0.5, 0.6) is 0 Å². The lowest BCUT2D eigenvalue weighted by atomic mass is 10.0. The number of nitrogens with zero attached hydrogens (tertiary/aromatic N) is 2. The Morgan fingerprint density at radius 3 is 2.74 bits per heavy atom. The lowest BCUT2D eigenvalue weighted by Crippen LogP contribution is -2.57. The Labute approximate surface area is 163 Å². The quantitative estimate of drug-likeness (QED) is 0.862. The van der Waals surface area contributed by atoms with Crippen LogP contribution in [0.1, 0.15) is 38.2 Å². The first-order valence-corrected chi connectivity index (χ1v) is 10.5. The molecule has 1 N–H and O–H groups in total. The zero-order valence-electron chi connectivity index (χ0n) is 15.7. The largest absolute Gasteiger partial charge is 0.342 e. The fraction of sp³-hybridized carbons (Fsp3) is 0.550. The van der Waals surface area contributed by atoms with Gasteiger partial charge in [-0.1, -0.05) is 17.7 Å². The molecule has 1 aromatic carbocycles. The van der Waals surface area contributed by atoms with Crippen molar-refractivity contribution in [3.05, 3.63) is 29.8 Å². The van der Waals surface area contributed by atoms with Crippen molar-refractivity contribution in [2.24, 2.45) is 0 Å². The van der Waals surface area contributed by atoms with E-state index in [-0.39, 0.29) is 22.6 Å². The highest BCUT2D eigenvalue weighted by Crippen LogP contribution is 2.47. The molecular weight excluding hydrogens is 362 g/mol. The summed E-state index contributed by atoms with van der Waals surface area (Å²) in [4.78, 5) is 41.3. The minimum atomic E-state index is -0.526. The fourth-order valence-electron chi connectivity index (χ4n) is 4.27. The number of fused-ring (bicyclic) bond motifs is 1. The minimum absolute atomic E-state index is 0.0407. The maximum absolute atomic E-state index is 12.9. The van der Waals surface area contributed by atoms with E-state index in [1.165, 1.54) is 0 Å². The van der Waals surface area contributed by atoms with Gasteiger partial charge in [-0.05, 0) is 45.2 Å². The van der Waals surface area contributed by atoms with Crippen molar-refractivity contribution in [3.8, 4) is 0 Å². The molecule has 1 aromatic rings. The van der Waals surface area contributed by atoms with Crippen LogP contribution >= 0.6 is 11.8 Å². The molecule has 3 saturated heterocycles. The average Bonchev–Trinajstić information content (AvgIpc) is 3.14. The lowest BCUT2D eigenvalue weighted by molar-refractivity contribution is -0.139. The van der Waals surface area contributed by atoms with Gasteiger partial charge in [0.05, 0.1) is 4.87 Å². The number of nitrogens with one attached hydrogen (secondary N) is 1. The number of piperidine rings is 1. The highest BCUT2D eigenvalue weighted by atomic mass is 32.2. The third kappa shape index (κ3) is 3.22. The number of aryl methyl sites for hydroxylation is 1. The summed E-state index contributed by atoms with van der Waals surface area (Å²) in [6.45, 7) is 4.70. The van der Waals surface area contributed by atoms with E-state index >= 15 is 0 Å². The summed E-state index contributed by atoms with van der Waals surface area (Å²) in [6, 6.07) is 6.86. The summed E-state index contributed by atoms with van der Waals surface area (Å²) in [7, 11) is 0. The van der Waals surface area contributed by atoms with Gasteiger partial charge in [0.1, 0.15) is 12.1 Å². The van der Waals surface area contributed by atoms with Crippen LogP contribution in [0.4, 0.5) is 5.69 Å². The summed E-state index contributed by atoms with van der Waals surface area (Å²) >= 11 is 1.67. The van der Waals surface area contributed by atoms with Crippen LogP contribution in [0.3, 0.4) is 0 Å².